The molecule has 2 aromatic rings. The smallest absolute Gasteiger partial charge is 0.410 e. The Labute approximate surface area is 217 Å². The molecule has 4 aliphatic rings. The highest BCUT2D eigenvalue weighted by Gasteiger charge is 2.57. The van der Waals surface area contributed by atoms with Crippen molar-refractivity contribution in [2.75, 3.05) is 26.2 Å². The van der Waals surface area contributed by atoms with Gasteiger partial charge in [0.25, 0.3) is 0 Å². The fraction of sp³-hybridized carbons (Fsp3) is 0.731. The first-order valence-corrected chi connectivity index (χ1v) is 13.4. The van der Waals surface area contributed by atoms with Crippen LogP contribution in [0.5, 0.6) is 0 Å². The molecular formula is C26H36ClN5O4. The van der Waals surface area contributed by atoms with E-state index >= 15 is 0 Å². The number of halogens is 1. The minimum Gasteiger partial charge on any atom is -0.444 e. The molecule has 3 saturated heterocycles. The molecule has 0 bridgehead atoms. The van der Waals surface area contributed by atoms with Crippen molar-refractivity contribution in [1.82, 2.24) is 24.3 Å². The highest BCUT2D eigenvalue weighted by atomic mass is 35.5. The largest absolute Gasteiger partial charge is 0.444 e. The molecule has 1 unspecified atom stereocenters. The van der Waals surface area contributed by atoms with Crippen molar-refractivity contribution >= 4 is 28.7 Å². The van der Waals surface area contributed by atoms with Gasteiger partial charge in [-0.05, 0) is 59.9 Å². The molecular weight excluding hydrogens is 482 g/mol. The van der Waals surface area contributed by atoms with Crippen LogP contribution in [0.1, 0.15) is 59.9 Å². The molecule has 4 fully saturated rings. The van der Waals surface area contributed by atoms with E-state index in [-0.39, 0.29) is 29.9 Å². The number of aromatic nitrogens is 3. The van der Waals surface area contributed by atoms with E-state index in [1.807, 2.05) is 51.8 Å². The molecule has 196 valence electrons. The summed E-state index contributed by atoms with van der Waals surface area (Å²) in [4.78, 5) is 25.8. The van der Waals surface area contributed by atoms with Crippen LogP contribution in [-0.2, 0) is 14.2 Å². The topological polar surface area (TPSA) is 82.0 Å². The molecule has 0 radical (unpaired) electrons. The Morgan fingerprint density at radius 3 is 2.67 bits per heavy atom. The van der Waals surface area contributed by atoms with Crippen LogP contribution in [0.25, 0.3) is 11.0 Å². The maximum Gasteiger partial charge on any atom is 0.410 e. The molecule has 36 heavy (non-hydrogen) atoms. The molecule has 3 aliphatic heterocycles. The summed E-state index contributed by atoms with van der Waals surface area (Å²) in [5.74, 6) is -0.320. The zero-order valence-corrected chi connectivity index (χ0v) is 22.5. The predicted octanol–water partition coefficient (Wildman–Crippen LogP) is 4.25. The normalized spacial score (nSPS) is 33.9. The van der Waals surface area contributed by atoms with Gasteiger partial charge in [0.2, 0.25) is 0 Å². The number of carbonyl (C=O) groups excluding carboxylic acids is 1. The van der Waals surface area contributed by atoms with Crippen LogP contribution in [-0.4, -0.2) is 85.7 Å². The molecule has 0 N–H and O–H groups in total. The molecule has 5 atom stereocenters. The van der Waals surface area contributed by atoms with E-state index in [1.165, 1.54) is 6.33 Å². The second-order valence-electron chi connectivity index (χ2n) is 12.3. The molecule has 10 heteroatoms. The van der Waals surface area contributed by atoms with Crippen LogP contribution in [0.4, 0.5) is 4.79 Å². The minimum absolute atomic E-state index is 0.000714. The van der Waals surface area contributed by atoms with E-state index in [2.05, 4.69) is 19.4 Å². The van der Waals surface area contributed by atoms with Crippen molar-refractivity contribution < 1.29 is 19.0 Å². The second-order valence-corrected chi connectivity index (χ2v) is 12.7. The van der Waals surface area contributed by atoms with Crippen LogP contribution in [0.3, 0.4) is 0 Å². The summed E-state index contributed by atoms with van der Waals surface area (Å²) in [6.45, 7) is 13.2. The lowest BCUT2D eigenvalue weighted by Crippen LogP contribution is -2.63. The Kier molecular flexibility index (Phi) is 5.61. The lowest BCUT2D eigenvalue weighted by atomic mass is 9.82. The first-order valence-electron chi connectivity index (χ1n) is 13.0. The standard InChI is InChI=1S/C26H36ClN5O4/c1-24(2,3)36-23(33)30-10-7-26(14-30)8-11-31(26)13-16-12-18(20-19(16)34-25(4,5)35-20)32-9-6-17-21(27)28-15-29-22(17)32/h6,9,15-16,18-20H,7-8,10-14H2,1-5H3/t16-,18-,19-,20+,26?/m1/s1. The molecule has 1 amide bonds. The van der Waals surface area contributed by atoms with Gasteiger partial charge in [-0.2, -0.15) is 0 Å². The average molecular weight is 518 g/mol. The second kappa shape index (κ2) is 8.28. The van der Waals surface area contributed by atoms with Gasteiger partial charge in [0.05, 0.1) is 17.5 Å². The number of amides is 1. The Bertz CT molecular complexity index is 1180. The van der Waals surface area contributed by atoms with Crippen molar-refractivity contribution in [1.29, 1.82) is 0 Å². The number of carbonyl (C=O) groups is 1. The van der Waals surface area contributed by atoms with Crippen LogP contribution in [0.15, 0.2) is 18.6 Å². The Balaban J connectivity index is 1.20. The van der Waals surface area contributed by atoms with Gasteiger partial charge < -0.3 is 23.7 Å². The van der Waals surface area contributed by atoms with E-state index < -0.39 is 11.4 Å². The van der Waals surface area contributed by atoms with Gasteiger partial charge in [0.15, 0.2) is 5.79 Å². The number of likely N-dealkylation sites (tertiary alicyclic amines) is 2. The minimum atomic E-state index is -0.630. The van der Waals surface area contributed by atoms with Gasteiger partial charge >= 0.3 is 6.09 Å². The molecule has 5 heterocycles. The Hall–Kier alpha value is -1.94. The average Bonchev–Trinajstić information content (AvgIpc) is 3.52. The van der Waals surface area contributed by atoms with E-state index in [4.69, 9.17) is 25.8 Å². The summed E-state index contributed by atoms with van der Waals surface area (Å²) in [7, 11) is 0. The number of rotatable bonds is 3. The predicted molar refractivity (Wildman–Crippen MR) is 135 cm³/mol. The number of fused-ring (bicyclic) bond motifs is 2. The fourth-order valence-electron chi connectivity index (χ4n) is 6.67. The van der Waals surface area contributed by atoms with Crippen LogP contribution < -0.4 is 0 Å². The molecule has 1 saturated carbocycles. The monoisotopic (exact) mass is 517 g/mol. The number of hydrogen-bond donors (Lipinski definition) is 0. The molecule has 2 aromatic heterocycles. The summed E-state index contributed by atoms with van der Waals surface area (Å²) in [5.41, 5.74) is 0.391. The van der Waals surface area contributed by atoms with E-state index in [0.29, 0.717) is 11.1 Å². The summed E-state index contributed by atoms with van der Waals surface area (Å²) < 4.78 is 20.8. The molecule has 1 spiro atoms. The zero-order chi connectivity index (χ0) is 25.5. The quantitative estimate of drug-likeness (QED) is 0.563. The van der Waals surface area contributed by atoms with Crippen molar-refractivity contribution in [3.05, 3.63) is 23.7 Å². The Morgan fingerprint density at radius 1 is 1.19 bits per heavy atom. The van der Waals surface area contributed by atoms with Crippen LogP contribution in [0, 0.1) is 5.92 Å². The highest BCUT2D eigenvalue weighted by molar-refractivity contribution is 6.33. The van der Waals surface area contributed by atoms with Gasteiger partial charge in [-0.15, -0.1) is 0 Å². The highest BCUT2D eigenvalue weighted by Crippen LogP contribution is 2.50. The lowest BCUT2D eigenvalue weighted by Gasteiger charge is -2.52. The number of nitrogens with zero attached hydrogens (tertiary/aromatic N) is 5. The molecule has 1 aliphatic carbocycles. The van der Waals surface area contributed by atoms with Gasteiger partial charge in [-0.3, -0.25) is 4.90 Å². The first-order chi connectivity index (χ1) is 16.9. The molecule has 0 aromatic carbocycles. The fourth-order valence-corrected chi connectivity index (χ4v) is 6.86. The lowest BCUT2D eigenvalue weighted by molar-refractivity contribution is -0.162. The number of hydrogen-bond acceptors (Lipinski definition) is 7. The van der Waals surface area contributed by atoms with E-state index in [0.717, 1.165) is 56.5 Å². The van der Waals surface area contributed by atoms with Crippen LogP contribution in [0.2, 0.25) is 5.15 Å². The zero-order valence-electron chi connectivity index (χ0n) is 21.7. The SMILES string of the molecule is CC(C)(C)OC(=O)N1CCC2(CCN2C[C@H]2C[C@@H](n3ccc4c(Cl)ncnc43)[C@@H]3OC(C)(C)O[C@H]23)C1. The third-order valence-electron chi connectivity index (χ3n) is 8.33. The van der Waals surface area contributed by atoms with E-state index in [1.54, 1.807) is 0 Å². The van der Waals surface area contributed by atoms with Crippen molar-refractivity contribution in [2.24, 2.45) is 5.92 Å². The van der Waals surface area contributed by atoms with Crippen LogP contribution >= 0.6 is 11.6 Å². The van der Waals surface area contributed by atoms with Gasteiger partial charge in [-0.25, -0.2) is 14.8 Å². The van der Waals surface area contributed by atoms with Gasteiger partial charge in [0, 0.05) is 43.8 Å². The summed E-state index contributed by atoms with van der Waals surface area (Å²) >= 11 is 6.33. The maximum atomic E-state index is 12.7. The third kappa shape index (κ3) is 4.08. The maximum absolute atomic E-state index is 12.7. The van der Waals surface area contributed by atoms with Crippen molar-refractivity contribution in [3.8, 4) is 0 Å². The Morgan fingerprint density at radius 2 is 1.94 bits per heavy atom. The third-order valence-corrected chi connectivity index (χ3v) is 8.63. The van der Waals surface area contributed by atoms with Crippen molar-refractivity contribution in [3.63, 3.8) is 0 Å². The molecule has 9 nitrogen and oxygen atoms in total. The first kappa shape index (κ1) is 24.4. The van der Waals surface area contributed by atoms with Gasteiger partial charge in [-0.1, -0.05) is 11.6 Å². The van der Waals surface area contributed by atoms with Gasteiger partial charge in [0.1, 0.15) is 28.8 Å². The number of ether oxygens (including phenoxy) is 3. The van der Waals surface area contributed by atoms with E-state index in [9.17, 15) is 4.79 Å². The summed E-state index contributed by atoms with van der Waals surface area (Å²) in [5, 5.41) is 1.32. The summed E-state index contributed by atoms with van der Waals surface area (Å²) in [6.07, 6.45) is 6.31. The molecule has 6 rings (SSSR count). The van der Waals surface area contributed by atoms with Crippen molar-refractivity contribution in [2.45, 2.75) is 89.1 Å². The summed E-state index contributed by atoms with van der Waals surface area (Å²) in [6, 6.07) is 2.08.